The molecule has 1 N–H and O–H groups in total. The van der Waals surface area contributed by atoms with Crippen LogP contribution in [0.25, 0.3) is 0 Å². The molecule has 0 amide bonds. The molecule has 2 aromatic heterocycles. The minimum atomic E-state index is -3.65. The average molecular weight is 393 g/mol. The second-order valence-corrected chi connectivity index (χ2v) is 6.72. The van der Waals surface area contributed by atoms with E-state index in [2.05, 4.69) is 46.5 Å². The van der Waals surface area contributed by atoms with Crippen LogP contribution in [0.3, 0.4) is 0 Å². The maximum absolute atomic E-state index is 12.0. The molecule has 0 aliphatic rings. The Morgan fingerprint density at radius 2 is 1.89 bits per heavy atom. The Morgan fingerprint density at radius 3 is 2.50 bits per heavy atom. The summed E-state index contributed by atoms with van der Waals surface area (Å²) in [6, 6.07) is 4.73. The van der Waals surface area contributed by atoms with Gasteiger partial charge < -0.3 is 0 Å². The van der Waals surface area contributed by atoms with Crippen molar-refractivity contribution in [3.8, 4) is 0 Å². The Bertz CT molecular complexity index is 659. The van der Waals surface area contributed by atoms with Gasteiger partial charge >= 0.3 is 0 Å². The normalized spacial score (nSPS) is 11.2. The van der Waals surface area contributed by atoms with Gasteiger partial charge in [0.05, 0.1) is 11.9 Å². The van der Waals surface area contributed by atoms with Crippen molar-refractivity contribution in [3.63, 3.8) is 0 Å². The molecule has 0 unspecified atom stereocenters. The third-order valence-corrected chi connectivity index (χ3v) is 4.22. The maximum Gasteiger partial charge on any atom is 0.263 e. The van der Waals surface area contributed by atoms with Crippen molar-refractivity contribution >= 4 is 47.6 Å². The van der Waals surface area contributed by atoms with E-state index in [1.165, 1.54) is 24.7 Å². The number of sulfonamides is 1. The zero-order chi connectivity index (χ0) is 13.2. The number of hydrogen-bond acceptors (Lipinski definition) is 4. The van der Waals surface area contributed by atoms with Gasteiger partial charge in [-0.1, -0.05) is 0 Å². The molecule has 5 nitrogen and oxygen atoms in total. The van der Waals surface area contributed by atoms with Gasteiger partial charge in [-0.05, 0) is 50.1 Å². The highest BCUT2D eigenvalue weighted by Crippen LogP contribution is 2.18. The van der Waals surface area contributed by atoms with Gasteiger partial charge in [0, 0.05) is 16.9 Å². The van der Waals surface area contributed by atoms with Crippen LogP contribution in [0.5, 0.6) is 0 Å². The van der Waals surface area contributed by atoms with Crippen molar-refractivity contribution in [1.82, 2.24) is 9.97 Å². The standard InChI is InChI=1S/C10H7Br2N3O2S/c11-7-3-9(6-13-4-7)18(16,17)15-8-1-2-10(12)14-5-8/h1-6,15H. The van der Waals surface area contributed by atoms with Crippen LogP contribution >= 0.6 is 31.9 Å². The Hall–Kier alpha value is -0.990. The zero-order valence-corrected chi connectivity index (χ0v) is 12.8. The van der Waals surface area contributed by atoms with Crippen LogP contribution in [0.1, 0.15) is 0 Å². The Morgan fingerprint density at radius 1 is 1.11 bits per heavy atom. The highest BCUT2D eigenvalue weighted by molar-refractivity contribution is 9.10. The van der Waals surface area contributed by atoms with Gasteiger partial charge in [-0.2, -0.15) is 0 Å². The fraction of sp³-hybridized carbons (Fsp3) is 0. The fourth-order valence-corrected chi connectivity index (χ4v) is 2.97. The van der Waals surface area contributed by atoms with Gasteiger partial charge in [0.15, 0.2) is 0 Å². The molecule has 18 heavy (non-hydrogen) atoms. The molecule has 2 rings (SSSR count). The van der Waals surface area contributed by atoms with E-state index in [1.54, 1.807) is 12.1 Å². The Kier molecular flexibility index (Phi) is 3.98. The molecule has 0 radical (unpaired) electrons. The van der Waals surface area contributed by atoms with Crippen LogP contribution in [0, 0.1) is 0 Å². The second-order valence-electron chi connectivity index (χ2n) is 3.31. The number of aromatic nitrogens is 2. The minimum absolute atomic E-state index is 0.0831. The summed E-state index contributed by atoms with van der Waals surface area (Å²) in [6.07, 6.45) is 4.21. The summed E-state index contributed by atoms with van der Waals surface area (Å²) in [5, 5.41) is 0. The lowest BCUT2D eigenvalue weighted by molar-refractivity contribution is 0.600. The maximum atomic E-state index is 12.0. The number of anilines is 1. The van der Waals surface area contributed by atoms with Crippen molar-refractivity contribution in [2.24, 2.45) is 0 Å². The van der Waals surface area contributed by atoms with Gasteiger partial charge in [0.2, 0.25) is 0 Å². The van der Waals surface area contributed by atoms with Crippen LogP contribution in [0.2, 0.25) is 0 Å². The lowest BCUT2D eigenvalue weighted by Crippen LogP contribution is -2.13. The zero-order valence-electron chi connectivity index (χ0n) is 8.84. The fourth-order valence-electron chi connectivity index (χ4n) is 1.19. The Labute approximate surface area is 121 Å². The number of rotatable bonds is 3. The molecular weight excluding hydrogens is 386 g/mol. The van der Waals surface area contributed by atoms with Crippen LogP contribution < -0.4 is 4.72 Å². The number of nitrogens with zero attached hydrogens (tertiary/aromatic N) is 2. The molecule has 0 saturated heterocycles. The molecule has 0 aliphatic heterocycles. The van der Waals surface area contributed by atoms with Crippen LogP contribution in [-0.4, -0.2) is 18.4 Å². The van der Waals surface area contributed by atoms with Gasteiger partial charge in [0.1, 0.15) is 9.50 Å². The Balaban J connectivity index is 2.30. The van der Waals surface area contributed by atoms with Crippen molar-refractivity contribution in [1.29, 1.82) is 0 Å². The van der Waals surface area contributed by atoms with Crippen LogP contribution in [0.15, 0.2) is 50.8 Å². The number of halogens is 2. The first-order chi connectivity index (χ1) is 8.47. The average Bonchev–Trinajstić information content (AvgIpc) is 2.32. The highest BCUT2D eigenvalue weighted by atomic mass is 79.9. The molecule has 0 spiro atoms. The monoisotopic (exact) mass is 391 g/mol. The van der Waals surface area contributed by atoms with E-state index in [0.717, 1.165) is 0 Å². The lowest BCUT2D eigenvalue weighted by Gasteiger charge is -2.07. The molecule has 0 atom stereocenters. The summed E-state index contributed by atoms with van der Waals surface area (Å²) >= 11 is 6.35. The number of pyridine rings is 2. The first-order valence-corrected chi connectivity index (χ1v) is 7.79. The smallest absolute Gasteiger partial charge is 0.263 e. The van der Waals surface area contributed by atoms with Crippen LogP contribution in [0.4, 0.5) is 5.69 Å². The molecule has 0 saturated carbocycles. The summed E-state index contributed by atoms with van der Waals surface area (Å²) < 4.78 is 27.7. The van der Waals surface area contributed by atoms with E-state index in [0.29, 0.717) is 14.8 Å². The second kappa shape index (κ2) is 5.33. The minimum Gasteiger partial charge on any atom is -0.278 e. The first-order valence-electron chi connectivity index (χ1n) is 4.72. The van der Waals surface area contributed by atoms with E-state index in [9.17, 15) is 8.42 Å². The van der Waals surface area contributed by atoms with E-state index >= 15 is 0 Å². The SMILES string of the molecule is O=S(=O)(Nc1ccc(Br)nc1)c1cncc(Br)c1. The molecule has 8 heteroatoms. The van der Waals surface area contributed by atoms with Gasteiger partial charge in [-0.15, -0.1) is 0 Å². The third kappa shape index (κ3) is 3.27. The third-order valence-electron chi connectivity index (χ3n) is 1.97. The van der Waals surface area contributed by atoms with E-state index < -0.39 is 10.0 Å². The summed E-state index contributed by atoms with van der Waals surface area (Å²) in [5.41, 5.74) is 0.387. The predicted molar refractivity (Wildman–Crippen MR) is 74.7 cm³/mol. The summed E-state index contributed by atoms with van der Waals surface area (Å²) in [7, 11) is -3.65. The summed E-state index contributed by atoms with van der Waals surface area (Å²) in [6.45, 7) is 0. The highest BCUT2D eigenvalue weighted by Gasteiger charge is 2.15. The number of nitrogens with one attached hydrogen (secondary N) is 1. The van der Waals surface area contributed by atoms with Crippen molar-refractivity contribution < 1.29 is 8.42 Å². The van der Waals surface area contributed by atoms with Gasteiger partial charge in [-0.25, -0.2) is 13.4 Å². The molecule has 2 heterocycles. The number of hydrogen-bond donors (Lipinski definition) is 1. The predicted octanol–water partition coefficient (Wildman–Crippen LogP) is 2.80. The largest absolute Gasteiger partial charge is 0.278 e. The van der Waals surface area contributed by atoms with Gasteiger partial charge in [0.25, 0.3) is 10.0 Å². The summed E-state index contributed by atoms with van der Waals surface area (Å²) in [5.74, 6) is 0. The molecule has 0 aromatic carbocycles. The quantitative estimate of drug-likeness (QED) is 0.815. The molecular formula is C10H7Br2N3O2S. The van der Waals surface area contributed by atoms with E-state index in [1.807, 2.05) is 0 Å². The van der Waals surface area contributed by atoms with Crippen molar-refractivity contribution in [2.45, 2.75) is 4.90 Å². The van der Waals surface area contributed by atoms with E-state index in [-0.39, 0.29) is 4.90 Å². The van der Waals surface area contributed by atoms with Crippen molar-refractivity contribution in [3.05, 3.63) is 45.9 Å². The van der Waals surface area contributed by atoms with Gasteiger partial charge in [-0.3, -0.25) is 9.71 Å². The summed E-state index contributed by atoms with van der Waals surface area (Å²) in [4.78, 5) is 7.84. The van der Waals surface area contributed by atoms with E-state index in [4.69, 9.17) is 0 Å². The van der Waals surface area contributed by atoms with Crippen molar-refractivity contribution in [2.75, 3.05) is 4.72 Å². The molecule has 94 valence electrons. The molecule has 0 bridgehead atoms. The molecule has 0 aliphatic carbocycles. The molecule has 2 aromatic rings. The lowest BCUT2D eigenvalue weighted by atomic mass is 10.4. The molecule has 0 fully saturated rings. The topological polar surface area (TPSA) is 72.0 Å². The van der Waals surface area contributed by atoms with Crippen LogP contribution in [-0.2, 0) is 10.0 Å². The first kappa shape index (κ1) is 13.4.